The maximum atomic E-state index is 12.0. The van der Waals surface area contributed by atoms with Crippen molar-refractivity contribution in [3.05, 3.63) is 0 Å². The van der Waals surface area contributed by atoms with Gasteiger partial charge in [0.1, 0.15) is 5.60 Å². The molecule has 5 nitrogen and oxygen atoms in total. The van der Waals surface area contributed by atoms with Gasteiger partial charge in [-0.3, -0.25) is 4.79 Å². The number of ether oxygens (including phenoxy) is 1. The van der Waals surface area contributed by atoms with E-state index in [1.54, 1.807) is 11.9 Å². The van der Waals surface area contributed by atoms with E-state index in [0.29, 0.717) is 5.92 Å². The zero-order chi connectivity index (χ0) is 15.3. The first kappa shape index (κ1) is 16.8. The first-order valence-electron chi connectivity index (χ1n) is 7.36. The molecular formula is C15H27NO4. The number of carbonyl (C=O) groups excluding carboxylic acids is 1. The zero-order valence-corrected chi connectivity index (χ0v) is 13.0. The number of nitrogens with zero attached hydrogens (tertiary/aromatic N) is 1. The second kappa shape index (κ2) is 6.95. The molecule has 0 atom stereocenters. The predicted octanol–water partition coefficient (Wildman–Crippen LogP) is 3.28. The average Bonchev–Trinajstić information content (AvgIpc) is 2.34. The van der Waals surface area contributed by atoms with Crippen LogP contribution in [0.3, 0.4) is 0 Å². The molecule has 0 spiro atoms. The summed E-state index contributed by atoms with van der Waals surface area (Å²) in [6.45, 7) is 5.59. The Morgan fingerprint density at radius 1 is 1.20 bits per heavy atom. The van der Waals surface area contributed by atoms with Gasteiger partial charge in [0.15, 0.2) is 0 Å². The molecule has 5 heteroatoms. The highest BCUT2D eigenvalue weighted by molar-refractivity contribution is 5.68. The number of hydrogen-bond donors (Lipinski definition) is 1. The van der Waals surface area contributed by atoms with E-state index in [-0.39, 0.29) is 18.6 Å². The topological polar surface area (TPSA) is 66.8 Å². The molecule has 0 aliphatic heterocycles. The molecule has 0 aromatic carbocycles. The van der Waals surface area contributed by atoms with Gasteiger partial charge in [0.2, 0.25) is 0 Å². The van der Waals surface area contributed by atoms with Crippen molar-refractivity contribution in [2.24, 2.45) is 5.92 Å². The summed E-state index contributed by atoms with van der Waals surface area (Å²) in [6, 6.07) is 0.214. The maximum absolute atomic E-state index is 12.0. The number of hydrogen-bond acceptors (Lipinski definition) is 3. The lowest BCUT2D eigenvalue weighted by Crippen LogP contribution is -2.42. The molecule has 0 unspecified atom stereocenters. The van der Waals surface area contributed by atoms with Gasteiger partial charge < -0.3 is 14.7 Å². The minimum atomic E-state index is -0.724. The first-order chi connectivity index (χ1) is 9.19. The van der Waals surface area contributed by atoms with Crippen LogP contribution in [0, 0.1) is 5.92 Å². The molecular weight excluding hydrogens is 258 g/mol. The van der Waals surface area contributed by atoms with E-state index in [0.717, 1.165) is 32.1 Å². The molecule has 0 heterocycles. The zero-order valence-electron chi connectivity index (χ0n) is 13.0. The number of carbonyl (C=O) groups is 2. The van der Waals surface area contributed by atoms with Crippen LogP contribution in [-0.2, 0) is 9.53 Å². The Hall–Kier alpha value is -1.26. The lowest BCUT2D eigenvalue weighted by Gasteiger charge is -2.35. The van der Waals surface area contributed by atoms with Crippen LogP contribution in [0.1, 0.15) is 59.3 Å². The van der Waals surface area contributed by atoms with Crippen molar-refractivity contribution >= 4 is 12.1 Å². The molecule has 116 valence electrons. The SMILES string of the molecule is CN(C(=O)OC(C)(C)C)C1CCC(CCC(=O)O)CC1. The second-order valence-electron chi connectivity index (χ2n) is 6.70. The summed E-state index contributed by atoms with van der Waals surface area (Å²) in [4.78, 5) is 24.2. The van der Waals surface area contributed by atoms with E-state index in [1.165, 1.54) is 0 Å². The number of amides is 1. The molecule has 0 aromatic heterocycles. The predicted molar refractivity (Wildman–Crippen MR) is 76.6 cm³/mol. The van der Waals surface area contributed by atoms with E-state index in [9.17, 15) is 9.59 Å². The highest BCUT2D eigenvalue weighted by Crippen LogP contribution is 2.30. The summed E-state index contributed by atoms with van der Waals surface area (Å²) in [7, 11) is 1.79. The Balaban J connectivity index is 2.37. The van der Waals surface area contributed by atoms with E-state index in [4.69, 9.17) is 9.84 Å². The van der Waals surface area contributed by atoms with Crippen LogP contribution in [0.2, 0.25) is 0 Å². The van der Waals surface area contributed by atoms with Crippen molar-refractivity contribution < 1.29 is 19.4 Å². The molecule has 1 rings (SSSR count). The van der Waals surface area contributed by atoms with Crippen LogP contribution in [0.25, 0.3) is 0 Å². The highest BCUT2D eigenvalue weighted by Gasteiger charge is 2.29. The smallest absolute Gasteiger partial charge is 0.410 e. The molecule has 0 bridgehead atoms. The van der Waals surface area contributed by atoms with Crippen LogP contribution >= 0.6 is 0 Å². The van der Waals surface area contributed by atoms with Crippen molar-refractivity contribution in [1.82, 2.24) is 4.90 Å². The lowest BCUT2D eigenvalue weighted by molar-refractivity contribution is -0.137. The van der Waals surface area contributed by atoms with Gasteiger partial charge in [0.25, 0.3) is 0 Å². The maximum Gasteiger partial charge on any atom is 0.410 e. The van der Waals surface area contributed by atoms with E-state index < -0.39 is 11.6 Å². The quantitative estimate of drug-likeness (QED) is 0.860. The first-order valence-corrected chi connectivity index (χ1v) is 7.36. The van der Waals surface area contributed by atoms with E-state index >= 15 is 0 Å². The Kier molecular flexibility index (Phi) is 5.84. The summed E-state index contributed by atoms with van der Waals surface area (Å²) >= 11 is 0. The summed E-state index contributed by atoms with van der Waals surface area (Å²) in [5.41, 5.74) is -0.468. The molecule has 1 fully saturated rings. The van der Waals surface area contributed by atoms with Gasteiger partial charge >= 0.3 is 12.1 Å². The van der Waals surface area contributed by atoms with Gasteiger partial charge in [-0.05, 0) is 58.8 Å². The van der Waals surface area contributed by atoms with E-state index in [2.05, 4.69) is 0 Å². The minimum Gasteiger partial charge on any atom is -0.481 e. The highest BCUT2D eigenvalue weighted by atomic mass is 16.6. The van der Waals surface area contributed by atoms with Gasteiger partial charge in [-0.15, -0.1) is 0 Å². The average molecular weight is 285 g/mol. The summed E-state index contributed by atoms with van der Waals surface area (Å²) in [5.74, 6) is -0.243. The number of aliphatic carboxylic acids is 1. The molecule has 1 N–H and O–H groups in total. The van der Waals surface area contributed by atoms with Gasteiger partial charge in [-0.1, -0.05) is 0 Å². The third-order valence-electron chi connectivity index (χ3n) is 3.81. The Bertz CT molecular complexity index is 340. The van der Waals surface area contributed by atoms with Gasteiger partial charge in [0, 0.05) is 19.5 Å². The molecule has 0 radical (unpaired) electrons. The fraction of sp³-hybridized carbons (Fsp3) is 0.867. The molecule has 1 saturated carbocycles. The van der Waals surface area contributed by atoms with E-state index in [1.807, 2.05) is 20.8 Å². The van der Waals surface area contributed by atoms with Crippen molar-refractivity contribution in [3.8, 4) is 0 Å². The number of carboxylic acids is 1. The van der Waals surface area contributed by atoms with Crippen molar-refractivity contribution in [2.75, 3.05) is 7.05 Å². The Morgan fingerprint density at radius 3 is 2.20 bits per heavy atom. The second-order valence-corrected chi connectivity index (χ2v) is 6.70. The fourth-order valence-electron chi connectivity index (χ4n) is 2.63. The molecule has 20 heavy (non-hydrogen) atoms. The van der Waals surface area contributed by atoms with Crippen molar-refractivity contribution in [1.29, 1.82) is 0 Å². The monoisotopic (exact) mass is 285 g/mol. The summed E-state index contributed by atoms with van der Waals surface area (Å²) in [6.07, 6.45) is 4.57. The number of rotatable bonds is 4. The van der Waals surface area contributed by atoms with Crippen LogP contribution in [0.5, 0.6) is 0 Å². The molecule has 1 aliphatic rings. The molecule has 0 saturated heterocycles. The van der Waals surface area contributed by atoms with Crippen molar-refractivity contribution in [3.63, 3.8) is 0 Å². The largest absolute Gasteiger partial charge is 0.481 e. The summed E-state index contributed by atoms with van der Waals surface area (Å²) in [5, 5.41) is 8.70. The fourth-order valence-corrected chi connectivity index (χ4v) is 2.63. The van der Waals surface area contributed by atoms with Gasteiger partial charge in [-0.2, -0.15) is 0 Å². The third kappa shape index (κ3) is 5.80. The number of carboxylic acid groups (broad SMARTS) is 1. The Labute approximate surface area is 121 Å². The Morgan fingerprint density at radius 2 is 1.75 bits per heavy atom. The molecule has 0 aromatic rings. The third-order valence-corrected chi connectivity index (χ3v) is 3.81. The van der Waals surface area contributed by atoms with Crippen molar-refractivity contribution in [2.45, 2.75) is 70.9 Å². The standard InChI is InChI=1S/C15H27NO4/c1-15(2,3)20-14(19)16(4)12-8-5-11(6-9-12)7-10-13(17)18/h11-12H,5-10H2,1-4H3,(H,17,18). The summed E-state index contributed by atoms with van der Waals surface area (Å²) < 4.78 is 5.37. The normalized spacial score (nSPS) is 23.2. The molecule has 1 amide bonds. The van der Waals surface area contributed by atoms with Gasteiger partial charge in [0.05, 0.1) is 0 Å². The van der Waals surface area contributed by atoms with Crippen LogP contribution in [0.15, 0.2) is 0 Å². The van der Waals surface area contributed by atoms with Crippen LogP contribution in [-0.4, -0.2) is 40.8 Å². The minimum absolute atomic E-state index is 0.214. The molecule has 1 aliphatic carbocycles. The van der Waals surface area contributed by atoms with Crippen LogP contribution < -0.4 is 0 Å². The lowest BCUT2D eigenvalue weighted by atomic mass is 9.83. The van der Waals surface area contributed by atoms with Crippen LogP contribution in [0.4, 0.5) is 4.79 Å². The van der Waals surface area contributed by atoms with Gasteiger partial charge in [-0.25, -0.2) is 4.79 Å².